The molecule has 0 bridgehead atoms. The van der Waals surface area contributed by atoms with Crippen LogP contribution in [0, 0.1) is 0 Å². The van der Waals surface area contributed by atoms with E-state index >= 15 is 0 Å². The molecule has 0 aromatic heterocycles. The Hall–Kier alpha value is -0.660. The molecule has 0 spiro atoms. The summed E-state index contributed by atoms with van der Waals surface area (Å²) in [5.74, 6) is -0.861. The van der Waals surface area contributed by atoms with E-state index in [1.54, 1.807) is 0 Å². The van der Waals surface area contributed by atoms with E-state index in [4.69, 9.17) is 10.7 Å². The van der Waals surface area contributed by atoms with Crippen molar-refractivity contribution in [2.24, 2.45) is 0 Å². The highest BCUT2D eigenvalue weighted by Gasteiger charge is 2.15. The van der Waals surface area contributed by atoms with Gasteiger partial charge in [0.2, 0.25) is 0 Å². The minimum atomic E-state index is -3.92. The van der Waals surface area contributed by atoms with E-state index in [1.807, 2.05) is 0 Å². The maximum absolute atomic E-state index is 11.9. The Labute approximate surface area is 104 Å². The Morgan fingerprint density at radius 2 is 2.12 bits per heavy atom. The van der Waals surface area contributed by atoms with Crippen LogP contribution in [0.1, 0.15) is 0 Å². The third-order valence-electron chi connectivity index (χ3n) is 1.60. The number of hydrogen-bond donors (Lipinski definition) is 1. The van der Waals surface area contributed by atoms with Crippen LogP contribution in [0.3, 0.4) is 0 Å². The first-order valence-corrected chi connectivity index (χ1v) is 7.05. The lowest BCUT2D eigenvalue weighted by atomic mass is 10.3. The molecule has 0 aliphatic carbocycles. The molecule has 0 heterocycles. The molecule has 0 saturated carbocycles. The number of amides is 1. The Morgan fingerprint density at radius 1 is 1.50 bits per heavy atom. The Bertz CT molecular complexity index is 520. The van der Waals surface area contributed by atoms with Crippen LogP contribution in [0.15, 0.2) is 27.6 Å². The van der Waals surface area contributed by atoms with E-state index in [0.29, 0.717) is 0 Å². The van der Waals surface area contributed by atoms with Crippen molar-refractivity contribution in [1.29, 1.82) is 0 Å². The molecule has 0 unspecified atom stereocenters. The quantitative estimate of drug-likeness (QED) is 0.865. The molecule has 1 amide bonds. The lowest BCUT2D eigenvalue weighted by Gasteiger charge is -2.05. The zero-order valence-corrected chi connectivity index (χ0v) is 10.9. The summed E-state index contributed by atoms with van der Waals surface area (Å²) >= 11 is 3.00. The fourth-order valence-corrected chi connectivity index (χ4v) is 3.08. The van der Waals surface area contributed by atoms with Gasteiger partial charge in [-0.15, -0.1) is 0 Å². The highest BCUT2D eigenvalue weighted by molar-refractivity contribution is 9.10. The third-order valence-corrected chi connectivity index (χ3v) is 3.91. The van der Waals surface area contributed by atoms with E-state index in [9.17, 15) is 17.6 Å². The largest absolute Gasteiger partial charge is 0.324 e. The van der Waals surface area contributed by atoms with Crippen LogP contribution >= 0.6 is 26.6 Å². The molecule has 0 radical (unpaired) electrons. The average Bonchev–Trinajstić information content (AvgIpc) is 2.19. The van der Waals surface area contributed by atoms with Crippen molar-refractivity contribution in [3.05, 3.63) is 22.7 Å². The fraction of sp³-hybridized carbons (Fsp3) is 0.125. The van der Waals surface area contributed by atoms with Crippen molar-refractivity contribution in [3.8, 4) is 0 Å². The molecule has 1 aromatic rings. The molecular weight excluding hydrogens is 325 g/mol. The first kappa shape index (κ1) is 13.4. The van der Waals surface area contributed by atoms with Gasteiger partial charge in [0.15, 0.2) is 6.67 Å². The molecule has 8 heteroatoms. The maximum Gasteiger partial charge on any atom is 0.262 e. The van der Waals surface area contributed by atoms with Gasteiger partial charge < -0.3 is 5.32 Å². The summed E-state index contributed by atoms with van der Waals surface area (Å²) in [6.07, 6.45) is 0. The number of hydrogen-bond acceptors (Lipinski definition) is 3. The summed E-state index contributed by atoms with van der Waals surface area (Å²) < 4.78 is 34.4. The summed E-state index contributed by atoms with van der Waals surface area (Å²) in [5, 5.41) is 2.17. The molecule has 0 aliphatic heterocycles. The first-order valence-electron chi connectivity index (χ1n) is 3.94. The summed E-state index contributed by atoms with van der Waals surface area (Å²) in [7, 11) is 1.24. The average molecular weight is 331 g/mol. The van der Waals surface area contributed by atoms with Crippen molar-refractivity contribution in [2.75, 3.05) is 12.0 Å². The van der Waals surface area contributed by atoms with Gasteiger partial charge in [0.1, 0.15) is 0 Å². The number of halogens is 3. The van der Waals surface area contributed by atoms with Crippen LogP contribution in [0.4, 0.5) is 10.1 Å². The highest BCUT2D eigenvalue weighted by Crippen LogP contribution is 2.27. The highest BCUT2D eigenvalue weighted by atomic mass is 79.9. The van der Waals surface area contributed by atoms with Crippen molar-refractivity contribution >= 4 is 47.3 Å². The van der Waals surface area contributed by atoms with Gasteiger partial charge in [0, 0.05) is 20.8 Å². The second kappa shape index (κ2) is 5.11. The molecule has 0 saturated heterocycles. The number of anilines is 1. The van der Waals surface area contributed by atoms with Crippen LogP contribution in [0.2, 0.25) is 0 Å². The molecule has 16 heavy (non-hydrogen) atoms. The van der Waals surface area contributed by atoms with Crippen molar-refractivity contribution in [3.63, 3.8) is 0 Å². The van der Waals surface area contributed by atoms with Gasteiger partial charge in [-0.1, -0.05) is 0 Å². The smallest absolute Gasteiger partial charge is 0.262 e. The molecule has 1 aromatic carbocycles. The van der Waals surface area contributed by atoms with Gasteiger partial charge in [0.25, 0.3) is 15.0 Å². The topological polar surface area (TPSA) is 63.2 Å². The third kappa shape index (κ3) is 3.43. The lowest BCUT2D eigenvalue weighted by molar-refractivity contribution is -0.117. The van der Waals surface area contributed by atoms with Crippen molar-refractivity contribution in [2.45, 2.75) is 4.90 Å². The minimum Gasteiger partial charge on any atom is -0.324 e. The van der Waals surface area contributed by atoms with E-state index < -0.39 is 21.6 Å². The van der Waals surface area contributed by atoms with Crippen LogP contribution < -0.4 is 5.32 Å². The van der Waals surface area contributed by atoms with Gasteiger partial charge in [-0.3, -0.25) is 4.79 Å². The van der Waals surface area contributed by atoms with Gasteiger partial charge in [0.05, 0.1) is 4.90 Å². The minimum absolute atomic E-state index is 0.157. The summed E-state index contributed by atoms with van der Waals surface area (Å²) in [5.41, 5.74) is 0.157. The molecule has 1 rings (SSSR count). The Morgan fingerprint density at radius 3 is 2.62 bits per heavy atom. The van der Waals surface area contributed by atoms with E-state index in [1.165, 1.54) is 12.1 Å². The van der Waals surface area contributed by atoms with Crippen LogP contribution in [-0.4, -0.2) is 21.0 Å². The van der Waals surface area contributed by atoms with Crippen molar-refractivity contribution in [1.82, 2.24) is 0 Å². The number of nitrogens with one attached hydrogen (secondary N) is 1. The monoisotopic (exact) mass is 329 g/mol. The van der Waals surface area contributed by atoms with Crippen LogP contribution in [0.5, 0.6) is 0 Å². The van der Waals surface area contributed by atoms with E-state index in [-0.39, 0.29) is 15.1 Å². The zero-order chi connectivity index (χ0) is 12.3. The maximum atomic E-state index is 11.9. The second-order valence-corrected chi connectivity index (χ2v) is 6.15. The van der Waals surface area contributed by atoms with Gasteiger partial charge >= 0.3 is 0 Å². The normalized spacial score (nSPS) is 11.2. The molecule has 0 atom stereocenters. The lowest BCUT2D eigenvalue weighted by Crippen LogP contribution is -2.13. The zero-order valence-electron chi connectivity index (χ0n) is 7.71. The molecule has 4 nitrogen and oxygen atoms in total. The molecular formula is C8H6BrClFNO3S. The molecule has 88 valence electrons. The fourth-order valence-electron chi connectivity index (χ4n) is 0.962. The summed E-state index contributed by atoms with van der Waals surface area (Å²) in [4.78, 5) is 10.6. The molecule has 0 fully saturated rings. The van der Waals surface area contributed by atoms with Gasteiger partial charge in [-0.25, -0.2) is 12.8 Å². The number of alkyl halides is 1. The van der Waals surface area contributed by atoms with Gasteiger partial charge in [-0.2, -0.15) is 0 Å². The summed E-state index contributed by atoms with van der Waals surface area (Å²) in [6.45, 7) is -1.18. The molecule has 0 aliphatic rings. The van der Waals surface area contributed by atoms with Gasteiger partial charge in [-0.05, 0) is 34.1 Å². The standard InChI is InChI=1S/C8H6BrClFNO3S/c9-6-2-1-5(12-8(13)4-11)3-7(6)16(10,14)15/h1-3H,4H2,(H,12,13). The Balaban J connectivity index is 3.13. The van der Waals surface area contributed by atoms with E-state index in [0.717, 1.165) is 6.07 Å². The van der Waals surface area contributed by atoms with Crippen LogP contribution in [-0.2, 0) is 13.8 Å². The second-order valence-electron chi connectivity index (χ2n) is 2.76. The SMILES string of the molecule is O=C(CF)Nc1ccc(Br)c(S(=O)(=O)Cl)c1. The number of carbonyl (C=O) groups excluding carboxylic acids is 1. The Kier molecular flexibility index (Phi) is 4.28. The van der Waals surface area contributed by atoms with E-state index in [2.05, 4.69) is 21.2 Å². The number of rotatable bonds is 3. The molecule has 1 N–H and O–H groups in total. The predicted molar refractivity (Wildman–Crippen MR) is 61.8 cm³/mol. The number of carbonyl (C=O) groups is 1. The first-order chi connectivity index (χ1) is 7.34. The predicted octanol–water partition coefficient (Wildman–Crippen LogP) is 2.28. The van der Waals surface area contributed by atoms with Crippen LogP contribution in [0.25, 0.3) is 0 Å². The van der Waals surface area contributed by atoms with Crippen molar-refractivity contribution < 1.29 is 17.6 Å². The number of benzene rings is 1. The summed E-state index contributed by atoms with van der Waals surface area (Å²) in [6, 6.07) is 3.95.